The zero-order valence-electron chi connectivity index (χ0n) is 15.7. The zero-order chi connectivity index (χ0) is 19.1. The van der Waals surface area contributed by atoms with E-state index in [-0.39, 0.29) is 17.9 Å². The Balaban J connectivity index is 2.05. The molecule has 0 aliphatic carbocycles. The van der Waals surface area contributed by atoms with Crippen molar-refractivity contribution in [2.75, 3.05) is 5.32 Å². The van der Waals surface area contributed by atoms with Crippen LogP contribution in [0.5, 0.6) is 5.75 Å². The highest BCUT2D eigenvalue weighted by Gasteiger charge is 2.18. The molecule has 2 N–H and O–H groups in total. The van der Waals surface area contributed by atoms with Crippen molar-refractivity contribution in [1.29, 1.82) is 0 Å². The molecule has 0 aromatic heterocycles. The van der Waals surface area contributed by atoms with Gasteiger partial charge in [0.2, 0.25) is 0 Å². The third-order valence-corrected chi connectivity index (χ3v) is 3.86. The van der Waals surface area contributed by atoms with E-state index >= 15 is 0 Å². The van der Waals surface area contributed by atoms with Crippen molar-refractivity contribution in [3.05, 3.63) is 59.7 Å². The summed E-state index contributed by atoms with van der Waals surface area (Å²) in [7, 11) is 0. The molecule has 0 fully saturated rings. The summed E-state index contributed by atoms with van der Waals surface area (Å²) in [6.45, 7) is 7.54. The van der Waals surface area contributed by atoms with Crippen LogP contribution in [0, 0.1) is 0 Å². The maximum Gasteiger partial charge on any atom is 0.265 e. The first kappa shape index (κ1) is 19.5. The van der Waals surface area contributed by atoms with E-state index in [0.29, 0.717) is 17.0 Å². The summed E-state index contributed by atoms with van der Waals surface area (Å²) >= 11 is 0. The molecular formula is C21H26N2O3. The SMILES string of the molecule is CCc1ccc(OC(C)C(=O)Nc2ccccc2C(=O)NC(C)C)cc1. The van der Waals surface area contributed by atoms with Crippen molar-refractivity contribution in [3.8, 4) is 5.75 Å². The highest BCUT2D eigenvalue weighted by Crippen LogP contribution is 2.18. The van der Waals surface area contributed by atoms with Crippen LogP contribution in [0.15, 0.2) is 48.5 Å². The van der Waals surface area contributed by atoms with E-state index < -0.39 is 6.10 Å². The third kappa shape index (κ3) is 5.34. The summed E-state index contributed by atoms with van der Waals surface area (Å²) in [6.07, 6.45) is 0.259. The van der Waals surface area contributed by atoms with Crippen LogP contribution in [0.1, 0.15) is 43.6 Å². The molecule has 2 aromatic rings. The van der Waals surface area contributed by atoms with Crippen LogP contribution in [0.3, 0.4) is 0 Å². The number of benzene rings is 2. The molecule has 26 heavy (non-hydrogen) atoms. The van der Waals surface area contributed by atoms with Crippen molar-refractivity contribution in [1.82, 2.24) is 5.32 Å². The Morgan fingerprint density at radius 1 is 1.00 bits per heavy atom. The average Bonchev–Trinajstić information content (AvgIpc) is 2.62. The number of anilines is 1. The minimum atomic E-state index is -0.691. The van der Waals surface area contributed by atoms with Crippen molar-refractivity contribution >= 4 is 17.5 Å². The van der Waals surface area contributed by atoms with Gasteiger partial charge < -0.3 is 15.4 Å². The number of ether oxygens (including phenoxy) is 1. The van der Waals surface area contributed by atoms with E-state index in [0.717, 1.165) is 6.42 Å². The van der Waals surface area contributed by atoms with Crippen molar-refractivity contribution in [3.63, 3.8) is 0 Å². The van der Waals surface area contributed by atoms with Gasteiger partial charge in [-0.25, -0.2) is 0 Å². The smallest absolute Gasteiger partial charge is 0.265 e. The van der Waals surface area contributed by atoms with Crippen LogP contribution in [0.25, 0.3) is 0 Å². The van der Waals surface area contributed by atoms with E-state index in [1.54, 1.807) is 31.2 Å². The van der Waals surface area contributed by atoms with Gasteiger partial charge in [-0.15, -0.1) is 0 Å². The molecule has 1 unspecified atom stereocenters. The summed E-state index contributed by atoms with van der Waals surface area (Å²) in [5, 5.41) is 5.61. The Labute approximate surface area is 154 Å². The molecule has 138 valence electrons. The Morgan fingerprint density at radius 2 is 1.65 bits per heavy atom. The first-order valence-electron chi connectivity index (χ1n) is 8.87. The molecule has 2 aromatic carbocycles. The van der Waals surface area contributed by atoms with Gasteiger partial charge in [-0.2, -0.15) is 0 Å². The Morgan fingerprint density at radius 3 is 2.27 bits per heavy atom. The van der Waals surface area contributed by atoms with Gasteiger partial charge in [0.1, 0.15) is 5.75 Å². The lowest BCUT2D eigenvalue weighted by molar-refractivity contribution is -0.122. The molecule has 0 saturated carbocycles. The van der Waals surface area contributed by atoms with Crippen molar-refractivity contribution < 1.29 is 14.3 Å². The first-order chi connectivity index (χ1) is 12.4. The second-order valence-electron chi connectivity index (χ2n) is 6.42. The minimum absolute atomic E-state index is 0.0135. The Bertz CT molecular complexity index is 754. The molecule has 0 aliphatic rings. The van der Waals surface area contributed by atoms with Crippen LogP contribution >= 0.6 is 0 Å². The van der Waals surface area contributed by atoms with Gasteiger partial charge in [-0.1, -0.05) is 31.2 Å². The summed E-state index contributed by atoms with van der Waals surface area (Å²) < 4.78 is 5.70. The molecule has 0 spiro atoms. The summed E-state index contributed by atoms with van der Waals surface area (Å²) in [4.78, 5) is 24.8. The fourth-order valence-electron chi connectivity index (χ4n) is 2.43. The minimum Gasteiger partial charge on any atom is -0.481 e. The predicted octanol–water partition coefficient (Wildman–Crippen LogP) is 3.79. The normalized spacial score (nSPS) is 11.7. The third-order valence-electron chi connectivity index (χ3n) is 3.86. The number of carbonyl (C=O) groups excluding carboxylic acids is 2. The van der Waals surface area contributed by atoms with Gasteiger partial charge in [0.05, 0.1) is 11.3 Å². The molecule has 0 aliphatic heterocycles. The van der Waals surface area contributed by atoms with Gasteiger partial charge in [0.25, 0.3) is 11.8 Å². The molecule has 0 radical (unpaired) electrons. The van der Waals surface area contributed by atoms with Crippen molar-refractivity contribution in [2.45, 2.75) is 46.3 Å². The molecule has 5 nitrogen and oxygen atoms in total. The molecular weight excluding hydrogens is 328 g/mol. The number of rotatable bonds is 7. The van der Waals surface area contributed by atoms with E-state index in [1.807, 2.05) is 38.1 Å². The predicted molar refractivity (Wildman–Crippen MR) is 104 cm³/mol. The van der Waals surface area contributed by atoms with E-state index in [1.165, 1.54) is 5.56 Å². The highest BCUT2D eigenvalue weighted by atomic mass is 16.5. The molecule has 0 heterocycles. The van der Waals surface area contributed by atoms with Gasteiger partial charge in [-0.05, 0) is 57.0 Å². The lowest BCUT2D eigenvalue weighted by Crippen LogP contribution is -2.33. The maximum absolute atomic E-state index is 12.5. The molecule has 5 heteroatoms. The second-order valence-corrected chi connectivity index (χ2v) is 6.42. The second kappa shape index (κ2) is 9.04. The molecule has 2 rings (SSSR count). The number of para-hydroxylation sites is 1. The first-order valence-corrected chi connectivity index (χ1v) is 8.87. The lowest BCUT2D eigenvalue weighted by atomic mass is 10.1. The highest BCUT2D eigenvalue weighted by molar-refractivity contribution is 6.04. The Kier molecular flexibility index (Phi) is 6.78. The zero-order valence-corrected chi connectivity index (χ0v) is 15.7. The standard InChI is InChI=1S/C21H26N2O3/c1-5-16-10-12-17(13-11-16)26-15(4)20(24)23-19-9-7-6-8-18(19)21(25)22-14(2)3/h6-15H,5H2,1-4H3,(H,22,25)(H,23,24). The quantitative estimate of drug-likeness (QED) is 0.795. The van der Waals surface area contributed by atoms with E-state index in [4.69, 9.17) is 4.74 Å². The largest absolute Gasteiger partial charge is 0.481 e. The fraction of sp³-hybridized carbons (Fsp3) is 0.333. The Hall–Kier alpha value is -2.82. The summed E-state index contributed by atoms with van der Waals surface area (Å²) in [5.74, 6) is 0.102. The van der Waals surface area contributed by atoms with Gasteiger partial charge in [0, 0.05) is 6.04 Å². The van der Waals surface area contributed by atoms with Crippen LogP contribution in [0.2, 0.25) is 0 Å². The number of carbonyl (C=O) groups is 2. The summed E-state index contributed by atoms with van der Waals surface area (Å²) in [6, 6.07) is 14.6. The van der Waals surface area contributed by atoms with E-state index in [9.17, 15) is 9.59 Å². The maximum atomic E-state index is 12.5. The monoisotopic (exact) mass is 354 g/mol. The van der Waals surface area contributed by atoms with Gasteiger partial charge in [0.15, 0.2) is 6.10 Å². The molecule has 2 amide bonds. The topological polar surface area (TPSA) is 67.4 Å². The van der Waals surface area contributed by atoms with Crippen LogP contribution in [0.4, 0.5) is 5.69 Å². The number of hydrogen-bond donors (Lipinski definition) is 2. The number of nitrogens with one attached hydrogen (secondary N) is 2. The van der Waals surface area contributed by atoms with Crippen LogP contribution < -0.4 is 15.4 Å². The molecule has 0 saturated heterocycles. The van der Waals surface area contributed by atoms with E-state index in [2.05, 4.69) is 17.6 Å². The van der Waals surface area contributed by atoms with Crippen LogP contribution in [-0.4, -0.2) is 24.0 Å². The number of aryl methyl sites for hydroxylation is 1. The van der Waals surface area contributed by atoms with Crippen molar-refractivity contribution in [2.24, 2.45) is 0 Å². The lowest BCUT2D eigenvalue weighted by Gasteiger charge is -2.17. The summed E-state index contributed by atoms with van der Waals surface area (Å²) in [5.41, 5.74) is 2.10. The number of hydrogen-bond acceptors (Lipinski definition) is 3. The average molecular weight is 354 g/mol. The molecule has 0 bridgehead atoms. The fourth-order valence-corrected chi connectivity index (χ4v) is 2.43. The van der Waals surface area contributed by atoms with Gasteiger partial charge >= 0.3 is 0 Å². The van der Waals surface area contributed by atoms with Gasteiger partial charge in [-0.3, -0.25) is 9.59 Å². The molecule has 1 atom stereocenters. The van der Waals surface area contributed by atoms with Crippen LogP contribution in [-0.2, 0) is 11.2 Å². The number of amides is 2.